The molecule has 2 aromatic rings. The monoisotopic (exact) mass is 230 g/mol. The molecule has 0 fully saturated rings. The predicted molar refractivity (Wildman–Crippen MR) is 65.0 cm³/mol. The summed E-state index contributed by atoms with van der Waals surface area (Å²) >= 11 is 0. The summed E-state index contributed by atoms with van der Waals surface area (Å²) in [5.41, 5.74) is 1.42. The van der Waals surface area contributed by atoms with Gasteiger partial charge in [0.1, 0.15) is 4.86 Å². The van der Waals surface area contributed by atoms with E-state index >= 15 is 0 Å². The first kappa shape index (κ1) is 10.6. The van der Waals surface area contributed by atoms with Crippen molar-refractivity contribution in [1.29, 1.82) is 0 Å². The van der Waals surface area contributed by atoms with Gasteiger partial charge in [0, 0.05) is 0 Å². The van der Waals surface area contributed by atoms with Crippen molar-refractivity contribution in [3.05, 3.63) is 71.8 Å². The summed E-state index contributed by atoms with van der Waals surface area (Å²) in [4.78, 5) is 0.334. The second-order valence-electron chi connectivity index (χ2n) is 3.30. The van der Waals surface area contributed by atoms with Crippen molar-refractivity contribution in [1.82, 2.24) is 0 Å². The fourth-order valence-electron chi connectivity index (χ4n) is 1.54. The van der Waals surface area contributed by atoms with Crippen LogP contribution in [0.1, 0.15) is 11.1 Å². The summed E-state index contributed by atoms with van der Waals surface area (Å²) in [7, 11) is -2.24. The van der Waals surface area contributed by atoms with E-state index in [1.165, 1.54) is 0 Å². The van der Waals surface area contributed by atoms with E-state index < -0.39 is 10.3 Å². The lowest BCUT2D eigenvalue weighted by Crippen LogP contribution is -2.03. The highest BCUT2D eigenvalue weighted by atomic mass is 32.2. The zero-order valence-electron chi connectivity index (χ0n) is 8.50. The Bertz CT molecular complexity index is 549. The third kappa shape index (κ3) is 2.20. The van der Waals surface area contributed by atoms with Crippen LogP contribution in [0.2, 0.25) is 0 Å². The van der Waals surface area contributed by atoms with Crippen molar-refractivity contribution in [3.8, 4) is 0 Å². The lowest BCUT2D eigenvalue weighted by atomic mass is 10.1. The second-order valence-corrected chi connectivity index (χ2v) is 4.17. The van der Waals surface area contributed by atoms with Gasteiger partial charge in [0.25, 0.3) is 0 Å². The molecule has 2 aromatic carbocycles. The van der Waals surface area contributed by atoms with Gasteiger partial charge in [-0.15, -0.1) is 0 Å². The van der Waals surface area contributed by atoms with E-state index in [2.05, 4.69) is 0 Å². The molecule has 2 nitrogen and oxygen atoms in total. The van der Waals surface area contributed by atoms with Crippen molar-refractivity contribution in [3.63, 3.8) is 0 Å². The molecule has 0 saturated heterocycles. The highest BCUT2D eigenvalue weighted by molar-refractivity contribution is 7.74. The van der Waals surface area contributed by atoms with Crippen LogP contribution in [-0.4, -0.2) is 13.3 Å². The third-order valence-electron chi connectivity index (χ3n) is 2.24. The first-order valence-electron chi connectivity index (χ1n) is 4.86. The molecule has 0 bridgehead atoms. The van der Waals surface area contributed by atoms with Crippen LogP contribution in [0.4, 0.5) is 0 Å². The Labute approximate surface area is 95.7 Å². The molecule has 80 valence electrons. The second kappa shape index (κ2) is 4.77. The molecule has 0 radical (unpaired) electrons. The highest BCUT2D eigenvalue weighted by Gasteiger charge is 2.07. The SMILES string of the molecule is O=S(=O)=C(c1ccccc1)c1ccccc1. The zero-order chi connectivity index (χ0) is 11.4. The molecule has 0 amide bonds. The van der Waals surface area contributed by atoms with Crippen LogP contribution in [0.3, 0.4) is 0 Å². The van der Waals surface area contributed by atoms with Crippen LogP contribution in [0, 0.1) is 0 Å². The minimum Gasteiger partial charge on any atom is -0.184 e. The number of benzene rings is 2. The topological polar surface area (TPSA) is 34.1 Å². The van der Waals surface area contributed by atoms with E-state index in [0.29, 0.717) is 16.0 Å². The van der Waals surface area contributed by atoms with Crippen molar-refractivity contribution >= 4 is 15.2 Å². The molecular weight excluding hydrogens is 220 g/mol. The fourth-order valence-corrected chi connectivity index (χ4v) is 2.20. The molecule has 0 aliphatic carbocycles. The minimum absolute atomic E-state index is 0.334. The van der Waals surface area contributed by atoms with Crippen molar-refractivity contribution in [2.75, 3.05) is 0 Å². The van der Waals surface area contributed by atoms with Crippen LogP contribution < -0.4 is 0 Å². The lowest BCUT2D eigenvalue weighted by molar-refractivity contribution is 0.627. The summed E-state index contributed by atoms with van der Waals surface area (Å²) in [6, 6.07) is 18.2. The van der Waals surface area contributed by atoms with Gasteiger partial charge in [-0.3, -0.25) is 0 Å². The normalized spacial score (nSPS) is 9.75. The molecule has 2 rings (SSSR count). The average molecular weight is 230 g/mol. The van der Waals surface area contributed by atoms with Gasteiger partial charge in [-0.1, -0.05) is 60.7 Å². The molecular formula is C13H10O2S. The predicted octanol–water partition coefficient (Wildman–Crippen LogP) is 2.13. The maximum atomic E-state index is 11.3. The molecule has 0 atom stereocenters. The van der Waals surface area contributed by atoms with Gasteiger partial charge in [0.05, 0.1) is 0 Å². The highest BCUT2D eigenvalue weighted by Crippen LogP contribution is 2.09. The first-order chi connectivity index (χ1) is 7.79. The quantitative estimate of drug-likeness (QED) is 0.585. The molecule has 0 aliphatic rings. The maximum absolute atomic E-state index is 11.3. The number of rotatable bonds is 2. The van der Waals surface area contributed by atoms with Crippen molar-refractivity contribution < 1.29 is 8.42 Å². The Morgan fingerprint density at radius 1 is 0.688 bits per heavy atom. The number of hydrogen-bond donors (Lipinski definition) is 0. The van der Waals surface area contributed by atoms with Gasteiger partial charge in [0.15, 0.2) is 0 Å². The largest absolute Gasteiger partial charge is 0.222 e. The van der Waals surface area contributed by atoms with E-state index in [9.17, 15) is 8.42 Å². The van der Waals surface area contributed by atoms with Crippen molar-refractivity contribution in [2.24, 2.45) is 0 Å². The summed E-state index contributed by atoms with van der Waals surface area (Å²) in [5.74, 6) is 0. The first-order valence-corrected chi connectivity index (χ1v) is 5.93. The molecule has 0 unspecified atom stereocenters. The molecule has 0 aliphatic heterocycles. The molecule has 16 heavy (non-hydrogen) atoms. The molecule has 0 spiro atoms. The van der Waals surface area contributed by atoms with E-state index in [4.69, 9.17) is 0 Å². The van der Waals surface area contributed by atoms with Gasteiger partial charge in [0.2, 0.25) is 10.3 Å². The molecule has 0 N–H and O–H groups in total. The summed E-state index contributed by atoms with van der Waals surface area (Å²) < 4.78 is 22.5. The maximum Gasteiger partial charge on any atom is 0.222 e. The Hall–Kier alpha value is -1.87. The lowest BCUT2D eigenvalue weighted by Gasteiger charge is -2.02. The van der Waals surface area contributed by atoms with E-state index in [1.54, 1.807) is 24.3 Å². The van der Waals surface area contributed by atoms with Crippen LogP contribution in [-0.2, 0) is 10.3 Å². The Balaban J connectivity index is 2.64. The van der Waals surface area contributed by atoms with E-state index in [0.717, 1.165) is 0 Å². The van der Waals surface area contributed by atoms with Gasteiger partial charge in [-0.05, 0) is 11.1 Å². The van der Waals surface area contributed by atoms with Crippen molar-refractivity contribution in [2.45, 2.75) is 0 Å². The van der Waals surface area contributed by atoms with Crippen LogP contribution in [0.25, 0.3) is 0 Å². The van der Waals surface area contributed by atoms with Gasteiger partial charge in [-0.25, -0.2) is 0 Å². The summed E-state index contributed by atoms with van der Waals surface area (Å²) in [6.07, 6.45) is 0. The third-order valence-corrected chi connectivity index (χ3v) is 3.04. The van der Waals surface area contributed by atoms with E-state index in [1.807, 2.05) is 36.4 Å². The number of hydrogen-bond acceptors (Lipinski definition) is 2. The molecule has 0 heterocycles. The smallest absolute Gasteiger partial charge is 0.184 e. The zero-order valence-corrected chi connectivity index (χ0v) is 9.31. The Morgan fingerprint density at radius 2 is 1.06 bits per heavy atom. The standard InChI is InChI=1S/C13H10O2S/c14-16(15)13(11-7-3-1-4-8-11)12-9-5-2-6-10-12/h1-10H. The molecule has 0 saturated carbocycles. The Morgan fingerprint density at radius 3 is 1.38 bits per heavy atom. The van der Waals surface area contributed by atoms with Crippen LogP contribution in [0.5, 0.6) is 0 Å². The molecule has 0 aromatic heterocycles. The van der Waals surface area contributed by atoms with E-state index in [-0.39, 0.29) is 0 Å². The van der Waals surface area contributed by atoms with Gasteiger partial charge in [-0.2, -0.15) is 8.42 Å². The fraction of sp³-hybridized carbons (Fsp3) is 0. The summed E-state index contributed by atoms with van der Waals surface area (Å²) in [6.45, 7) is 0. The van der Waals surface area contributed by atoms with Gasteiger partial charge < -0.3 is 0 Å². The molecule has 3 heteroatoms. The minimum atomic E-state index is -2.24. The summed E-state index contributed by atoms with van der Waals surface area (Å²) in [5, 5.41) is 0. The van der Waals surface area contributed by atoms with Crippen LogP contribution >= 0.6 is 0 Å². The van der Waals surface area contributed by atoms with Gasteiger partial charge >= 0.3 is 0 Å². The Kier molecular flexibility index (Phi) is 3.17. The van der Waals surface area contributed by atoms with Crippen LogP contribution in [0.15, 0.2) is 60.7 Å². The average Bonchev–Trinajstić information content (AvgIpc) is 2.31.